The molecule has 13 nitrogen and oxygen atoms in total. The number of anilines is 1. The highest BCUT2D eigenvalue weighted by molar-refractivity contribution is 7.21. The maximum Gasteiger partial charge on any atom is 0.468 e. The number of carbonyl (C=O) groups excluding carboxylic acids is 2. The molecule has 16 heteroatoms. The number of thiophene rings is 1. The van der Waals surface area contributed by atoms with Crippen LogP contribution in [0.3, 0.4) is 0 Å². The summed E-state index contributed by atoms with van der Waals surface area (Å²) in [6.45, 7) is 0.489. The summed E-state index contributed by atoms with van der Waals surface area (Å²) in [5.74, 6) is -2.86. The van der Waals surface area contributed by atoms with Crippen molar-refractivity contribution in [3.8, 4) is 11.1 Å². The third-order valence-corrected chi connectivity index (χ3v) is 6.38. The van der Waals surface area contributed by atoms with Crippen molar-refractivity contribution in [2.75, 3.05) is 5.32 Å². The van der Waals surface area contributed by atoms with Gasteiger partial charge in [-0.1, -0.05) is 30.3 Å². The monoisotopic (exact) mass is 531 g/mol. The number of aromatic nitrogens is 3. The Morgan fingerprint density at radius 3 is 2.41 bits per heavy atom. The molecule has 0 aliphatic carbocycles. The molecule has 3 N–H and O–H groups in total. The number of nitrogens with zero attached hydrogens (tertiary/aromatic N) is 5. The van der Waals surface area contributed by atoms with Crippen molar-refractivity contribution < 1.29 is 28.2 Å². The maximum atomic E-state index is 13.6. The van der Waals surface area contributed by atoms with Crippen LogP contribution >= 0.6 is 11.3 Å². The Hall–Kier alpha value is -4.86. The number of nitrogens with two attached hydrogens (primary N) is 1. The number of alkyl halides is 2. The maximum absolute atomic E-state index is 13.6. The van der Waals surface area contributed by atoms with Gasteiger partial charge in [0.1, 0.15) is 27.6 Å². The molecular weight excluding hydrogens is 516 g/mol. The van der Waals surface area contributed by atoms with Gasteiger partial charge in [-0.25, -0.2) is 13.8 Å². The van der Waals surface area contributed by atoms with Crippen LogP contribution in [0.15, 0.2) is 36.4 Å². The minimum Gasteiger partial charge on any atom is -0.365 e. The third kappa shape index (κ3) is 4.68. The SMILES string of the molecule is Cc1c([N+](=O)[O-])c([N+](=O)[O-])nn1CC(=O)Nc1c(C(N)=O)sc2nc(C(F)F)cc(-c3ccccc3)c12. The second-order valence-electron chi connectivity index (χ2n) is 7.59. The first kappa shape index (κ1) is 25.2. The number of hydrogen-bond donors (Lipinski definition) is 2. The van der Waals surface area contributed by atoms with Crippen LogP contribution in [0.25, 0.3) is 21.3 Å². The molecule has 3 aromatic heterocycles. The van der Waals surface area contributed by atoms with Crippen LogP contribution in [0.1, 0.15) is 27.5 Å². The number of hydrogen-bond acceptors (Lipinski definition) is 9. The van der Waals surface area contributed by atoms with Gasteiger partial charge in [0.05, 0.1) is 15.7 Å². The summed E-state index contributed by atoms with van der Waals surface area (Å²) in [6.07, 6.45) is -2.92. The number of nitrogens with one attached hydrogen (secondary N) is 1. The topological polar surface area (TPSA) is 189 Å². The molecule has 0 spiro atoms. The minimum absolute atomic E-state index is 0.0160. The van der Waals surface area contributed by atoms with E-state index in [1.807, 2.05) is 0 Å². The Kier molecular flexibility index (Phi) is 6.58. The van der Waals surface area contributed by atoms with Gasteiger partial charge in [-0.2, -0.15) is 4.68 Å². The highest BCUT2D eigenvalue weighted by Gasteiger charge is 2.36. The van der Waals surface area contributed by atoms with E-state index in [-0.39, 0.29) is 32.0 Å². The van der Waals surface area contributed by atoms with Crippen molar-refractivity contribution in [2.24, 2.45) is 5.73 Å². The van der Waals surface area contributed by atoms with E-state index in [9.17, 15) is 38.6 Å². The molecule has 37 heavy (non-hydrogen) atoms. The molecular formula is C21H15F2N7O6S. The van der Waals surface area contributed by atoms with Gasteiger partial charge in [0.2, 0.25) is 5.91 Å². The van der Waals surface area contributed by atoms with E-state index in [1.165, 1.54) is 6.92 Å². The number of amides is 2. The molecule has 1 aromatic carbocycles. The quantitative estimate of drug-likeness (QED) is 0.252. The van der Waals surface area contributed by atoms with Crippen LogP contribution in [0.2, 0.25) is 0 Å². The van der Waals surface area contributed by atoms with Crippen molar-refractivity contribution in [2.45, 2.75) is 19.9 Å². The van der Waals surface area contributed by atoms with Crippen molar-refractivity contribution in [3.05, 3.63) is 72.9 Å². The molecule has 0 saturated carbocycles. The second kappa shape index (κ2) is 9.65. The zero-order valence-corrected chi connectivity index (χ0v) is 19.5. The highest BCUT2D eigenvalue weighted by Crippen LogP contribution is 2.42. The molecule has 4 rings (SSSR count). The summed E-state index contributed by atoms with van der Waals surface area (Å²) >= 11 is 0.703. The van der Waals surface area contributed by atoms with Gasteiger partial charge in [0, 0.05) is 5.39 Å². The van der Waals surface area contributed by atoms with E-state index in [1.54, 1.807) is 30.3 Å². The predicted molar refractivity (Wildman–Crippen MR) is 127 cm³/mol. The lowest BCUT2D eigenvalue weighted by Gasteiger charge is -2.11. The Balaban J connectivity index is 1.83. The molecule has 0 atom stereocenters. The molecule has 0 fully saturated rings. The van der Waals surface area contributed by atoms with Gasteiger partial charge >= 0.3 is 11.5 Å². The molecule has 0 aliphatic heterocycles. The van der Waals surface area contributed by atoms with Gasteiger partial charge in [-0.15, -0.1) is 11.3 Å². The van der Waals surface area contributed by atoms with Crippen molar-refractivity contribution in [3.63, 3.8) is 0 Å². The van der Waals surface area contributed by atoms with Crippen LogP contribution < -0.4 is 11.1 Å². The zero-order valence-electron chi connectivity index (χ0n) is 18.7. The van der Waals surface area contributed by atoms with Crippen LogP contribution in [0.5, 0.6) is 0 Å². The lowest BCUT2D eigenvalue weighted by Crippen LogP contribution is -2.22. The zero-order chi connectivity index (χ0) is 27.0. The number of rotatable bonds is 8. The summed E-state index contributed by atoms with van der Waals surface area (Å²) in [7, 11) is 0. The Bertz CT molecular complexity index is 1590. The van der Waals surface area contributed by atoms with Crippen LogP contribution in [0.4, 0.5) is 26.0 Å². The van der Waals surface area contributed by atoms with Crippen LogP contribution in [0, 0.1) is 27.2 Å². The molecule has 0 bridgehead atoms. The standard InChI is InChI=1S/C21H15F2N7O6S/c1-9-16(29(33)34)20(30(35)36)27-28(9)8-13(31)26-15-14-11(10-5-3-2-4-6-10)7-12(18(22)23)25-21(14)37-17(15)19(24)32/h2-7,18H,8H2,1H3,(H2,24,32)(H,26,31). The number of fused-ring (bicyclic) bond motifs is 1. The predicted octanol–water partition coefficient (Wildman–Crippen LogP) is 3.96. The Labute approximate surface area is 208 Å². The smallest absolute Gasteiger partial charge is 0.365 e. The number of primary amides is 1. The fraction of sp³-hybridized carbons (Fsp3) is 0.143. The largest absolute Gasteiger partial charge is 0.468 e. The van der Waals surface area contributed by atoms with Crippen LogP contribution in [-0.2, 0) is 11.3 Å². The average Bonchev–Trinajstić information content (AvgIpc) is 3.37. The lowest BCUT2D eigenvalue weighted by atomic mass is 10.0. The molecule has 0 saturated heterocycles. The first-order chi connectivity index (χ1) is 17.5. The van der Waals surface area contributed by atoms with Gasteiger partial charge in [-0.05, 0) is 29.0 Å². The number of benzene rings is 1. The van der Waals surface area contributed by atoms with Crippen molar-refractivity contribution in [1.29, 1.82) is 0 Å². The van der Waals surface area contributed by atoms with E-state index in [0.29, 0.717) is 16.9 Å². The summed E-state index contributed by atoms with van der Waals surface area (Å²) in [6, 6.07) is 9.48. The first-order valence-corrected chi connectivity index (χ1v) is 11.1. The number of pyridine rings is 1. The summed E-state index contributed by atoms with van der Waals surface area (Å²) in [4.78, 5) is 49.3. The molecule has 190 valence electrons. The first-order valence-electron chi connectivity index (χ1n) is 10.3. The van der Waals surface area contributed by atoms with E-state index < -0.39 is 51.8 Å². The Morgan fingerprint density at radius 1 is 1.19 bits per heavy atom. The fourth-order valence-electron chi connectivity index (χ4n) is 3.69. The summed E-state index contributed by atoms with van der Waals surface area (Å²) in [5, 5.41) is 28.6. The van der Waals surface area contributed by atoms with Gasteiger partial charge in [0.15, 0.2) is 0 Å². The molecule has 0 unspecified atom stereocenters. The molecule has 0 radical (unpaired) electrons. The van der Waals surface area contributed by atoms with Crippen molar-refractivity contribution in [1.82, 2.24) is 14.8 Å². The fourth-order valence-corrected chi connectivity index (χ4v) is 4.71. The summed E-state index contributed by atoms with van der Waals surface area (Å²) < 4.78 is 27.9. The number of nitro groups is 2. The normalized spacial score (nSPS) is 11.1. The highest BCUT2D eigenvalue weighted by atomic mass is 32.1. The van der Waals surface area contributed by atoms with Gasteiger partial charge in [-0.3, -0.25) is 19.7 Å². The van der Waals surface area contributed by atoms with Gasteiger partial charge in [0.25, 0.3) is 12.3 Å². The van der Waals surface area contributed by atoms with Crippen molar-refractivity contribution >= 4 is 50.6 Å². The number of halogens is 2. The van der Waals surface area contributed by atoms with Gasteiger partial charge < -0.3 is 21.2 Å². The second-order valence-corrected chi connectivity index (χ2v) is 8.59. The lowest BCUT2D eigenvalue weighted by molar-refractivity contribution is -0.424. The third-order valence-electron chi connectivity index (χ3n) is 5.28. The average molecular weight is 531 g/mol. The molecule has 0 aliphatic rings. The van der Waals surface area contributed by atoms with Crippen LogP contribution in [-0.4, -0.2) is 36.4 Å². The Morgan fingerprint density at radius 2 is 1.86 bits per heavy atom. The number of carbonyl (C=O) groups is 2. The summed E-state index contributed by atoms with van der Waals surface area (Å²) in [5.41, 5.74) is 4.47. The minimum atomic E-state index is -2.92. The van der Waals surface area contributed by atoms with E-state index in [2.05, 4.69) is 15.4 Å². The molecule has 3 heterocycles. The van der Waals surface area contributed by atoms with E-state index in [4.69, 9.17) is 5.73 Å². The van der Waals surface area contributed by atoms with E-state index in [0.717, 1.165) is 10.7 Å². The van der Waals surface area contributed by atoms with E-state index >= 15 is 0 Å². The molecule has 2 amide bonds. The molecule has 4 aromatic rings.